The van der Waals surface area contributed by atoms with E-state index >= 15 is 0 Å². The predicted octanol–water partition coefficient (Wildman–Crippen LogP) is 4.47. The van der Waals surface area contributed by atoms with Crippen LogP contribution in [0.25, 0.3) is 11.0 Å². The van der Waals surface area contributed by atoms with Crippen LogP contribution < -0.4 is 5.32 Å². The lowest BCUT2D eigenvalue weighted by Crippen LogP contribution is -2.41. The van der Waals surface area contributed by atoms with E-state index in [1.54, 1.807) is 12.2 Å². The lowest BCUT2D eigenvalue weighted by Gasteiger charge is -2.32. The van der Waals surface area contributed by atoms with Crippen molar-refractivity contribution in [2.75, 3.05) is 18.4 Å². The first-order valence-electron chi connectivity index (χ1n) is 9.01. The Morgan fingerprint density at radius 1 is 1.37 bits per heavy atom. The van der Waals surface area contributed by atoms with Gasteiger partial charge >= 0.3 is 0 Å². The first kappa shape index (κ1) is 18.1. The molecule has 3 heterocycles. The number of piperidine rings is 1. The second-order valence-electron chi connectivity index (χ2n) is 6.79. The summed E-state index contributed by atoms with van der Waals surface area (Å²) in [5.74, 6) is 0.0188. The number of thiazole rings is 1. The van der Waals surface area contributed by atoms with Crippen LogP contribution in [0, 0.1) is 6.92 Å². The lowest BCUT2D eigenvalue weighted by atomic mass is 10.0. The minimum atomic E-state index is 0.0188. The summed E-state index contributed by atoms with van der Waals surface area (Å²) in [6.45, 7) is 3.59. The first-order valence-corrected chi connectivity index (χ1v) is 10.3. The van der Waals surface area contributed by atoms with Crippen molar-refractivity contribution in [1.82, 2.24) is 14.3 Å². The van der Waals surface area contributed by atoms with Gasteiger partial charge in [0.05, 0.1) is 5.69 Å². The third kappa shape index (κ3) is 4.01. The van der Waals surface area contributed by atoms with Gasteiger partial charge in [-0.25, -0.2) is 4.98 Å². The van der Waals surface area contributed by atoms with Crippen molar-refractivity contribution in [3.8, 4) is 0 Å². The highest BCUT2D eigenvalue weighted by molar-refractivity contribution is 7.15. The second-order valence-corrected chi connectivity index (χ2v) is 8.02. The number of halogens is 1. The fourth-order valence-corrected chi connectivity index (χ4v) is 4.40. The van der Waals surface area contributed by atoms with E-state index in [1.165, 1.54) is 16.9 Å². The molecule has 7 heteroatoms. The van der Waals surface area contributed by atoms with Gasteiger partial charge in [0.1, 0.15) is 0 Å². The molecule has 1 aromatic carbocycles. The molecule has 4 rings (SSSR count). The van der Waals surface area contributed by atoms with Crippen LogP contribution in [0.15, 0.2) is 41.9 Å². The van der Waals surface area contributed by atoms with Crippen LogP contribution in [0.1, 0.15) is 24.1 Å². The van der Waals surface area contributed by atoms with Gasteiger partial charge in [-0.3, -0.25) is 9.20 Å². The Balaban J connectivity index is 1.34. The van der Waals surface area contributed by atoms with E-state index in [4.69, 9.17) is 11.6 Å². The van der Waals surface area contributed by atoms with Gasteiger partial charge in [-0.05, 0) is 43.5 Å². The van der Waals surface area contributed by atoms with E-state index in [0.29, 0.717) is 11.2 Å². The number of rotatable bonds is 4. The van der Waals surface area contributed by atoms with Crippen LogP contribution in [-0.4, -0.2) is 39.3 Å². The zero-order valence-electron chi connectivity index (χ0n) is 15.1. The zero-order chi connectivity index (χ0) is 18.8. The van der Waals surface area contributed by atoms with Crippen molar-refractivity contribution in [1.29, 1.82) is 0 Å². The van der Waals surface area contributed by atoms with Gasteiger partial charge in [-0.2, -0.15) is 0 Å². The van der Waals surface area contributed by atoms with Gasteiger partial charge in [0.25, 0.3) is 0 Å². The molecule has 1 aliphatic heterocycles. The van der Waals surface area contributed by atoms with Gasteiger partial charge in [-0.1, -0.05) is 23.7 Å². The van der Waals surface area contributed by atoms with Gasteiger partial charge < -0.3 is 10.2 Å². The van der Waals surface area contributed by atoms with Crippen molar-refractivity contribution in [3.63, 3.8) is 0 Å². The average molecular weight is 401 g/mol. The summed E-state index contributed by atoms with van der Waals surface area (Å²) in [5.41, 5.74) is 3.14. The van der Waals surface area contributed by atoms with Crippen LogP contribution in [0.3, 0.4) is 0 Å². The van der Waals surface area contributed by atoms with Gasteiger partial charge in [0.15, 0.2) is 10.1 Å². The molecule has 0 unspecified atom stereocenters. The summed E-state index contributed by atoms with van der Waals surface area (Å²) in [5, 5.41) is 5.95. The fraction of sp³-hybridized carbons (Fsp3) is 0.300. The zero-order valence-corrected chi connectivity index (χ0v) is 16.6. The average Bonchev–Trinajstić information content (AvgIpc) is 3.21. The largest absolute Gasteiger partial charge is 0.382 e. The molecule has 27 heavy (non-hydrogen) atoms. The van der Waals surface area contributed by atoms with Gasteiger partial charge in [0, 0.05) is 42.5 Å². The number of nitrogens with zero attached hydrogens (tertiary/aromatic N) is 3. The number of aryl methyl sites for hydroxylation is 1. The van der Waals surface area contributed by atoms with E-state index in [0.717, 1.165) is 42.3 Å². The van der Waals surface area contributed by atoms with E-state index in [2.05, 4.69) is 41.5 Å². The highest BCUT2D eigenvalue weighted by Crippen LogP contribution is 2.23. The number of hydrogen-bond donors (Lipinski definition) is 1. The number of nitrogens with one attached hydrogen (secondary N) is 1. The highest BCUT2D eigenvalue weighted by atomic mass is 35.5. The van der Waals surface area contributed by atoms with Crippen LogP contribution >= 0.6 is 22.9 Å². The first-order chi connectivity index (χ1) is 13.1. The van der Waals surface area contributed by atoms with Crippen molar-refractivity contribution < 1.29 is 4.79 Å². The summed E-state index contributed by atoms with van der Waals surface area (Å²) in [7, 11) is 0. The standard InChI is InChI=1S/C20H21ClN4OS/c1-14-3-2-4-16(13-14)22-15-7-9-24(10-8-15)18(26)6-5-17-19(21)23-20-25(17)11-12-27-20/h2-6,11-13,15,22H,7-10H2,1H3. The molecule has 1 aliphatic rings. The highest BCUT2D eigenvalue weighted by Gasteiger charge is 2.21. The molecule has 0 radical (unpaired) electrons. The molecule has 1 saturated heterocycles. The Morgan fingerprint density at radius 3 is 2.96 bits per heavy atom. The van der Waals surface area contributed by atoms with E-state index in [-0.39, 0.29) is 5.91 Å². The third-order valence-electron chi connectivity index (χ3n) is 4.83. The number of carbonyl (C=O) groups is 1. The quantitative estimate of drug-likeness (QED) is 0.657. The normalized spacial score (nSPS) is 15.7. The SMILES string of the molecule is Cc1cccc(NC2CCN(C(=O)C=Cc3c(Cl)nc4sccn34)CC2)c1. The molecule has 0 bridgehead atoms. The Labute approximate surface area is 167 Å². The predicted molar refractivity (Wildman–Crippen MR) is 112 cm³/mol. The Morgan fingerprint density at radius 2 is 2.19 bits per heavy atom. The molecule has 5 nitrogen and oxygen atoms in total. The second kappa shape index (κ2) is 7.74. The number of fused-ring (bicyclic) bond motifs is 1. The van der Waals surface area contributed by atoms with Crippen LogP contribution in [-0.2, 0) is 4.79 Å². The molecular formula is C20H21ClN4OS. The number of benzene rings is 1. The van der Waals surface area contributed by atoms with Crippen molar-refractivity contribution in [3.05, 3.63) is 58.3 Å². The maximum Gasteiger partial charge on any atom is 0.246 e. The molecule has 1 N–H and O–H groups in total. The number of carbonyl (C=O) groups excluding carboxylic acids is 1. The molecule has 3 aromatic rings. The van der Waals surface area contributed by atoms with Crippen molar-refractivity contribution >= 4 is 45.6 Å². The number of imidazole rings is 1. The van der Waals surface area contributed by atoms with Gasteiger partial charge in [0.2, 0.25) is 5.91 Å². The molecular weight excluding hydrogens is 380 g/mol. The molecule has 0 atom stereocenters. The smallest absolute Gasteiger partial charge is 0.246 e. The summed E-state index contributed by atoms with van der Waals surface area (Å²) in [6, 6.07) is 8.80. The fourth-order valence-electron chi connectivity index (χ4n) is 3.40. The Hall–Kier alpha value is -2.31. The van der Waals surface area contributed by atoms with Crippen LogP contribution in [0.5, 0.6) is 0 Å². The summed E-state index contributed by atoms with van der Waals surface area (Å²) < 4.78 is 1.90. The number of amides is 1. The third-order valence-corrected chi connectivity index (χ3v) is 5.87. The summed E-state index contributed by atoms with van der Waals surface area (Å²) in [6.07, 6.45) is 7.15. The van der Waals surface area contributed by atoms with Gasteiger partial charge in [-0.15, -0.1) is 11.3 Å². The number of likely N-dealkylation sites (tertiary alicyclic amines) is 1. The molecule has 0 aliphatic carbocycles. The lowest BCUT2D eigenvalue weighted by molar-refractivity contribution is -0.126. The monoisotopic (exact) mass is 400 g/mol. The number of hydrogen-bond acceptors (Lipinski definition) is 4. The maximum atomic E-state index is 12.5. The molecule has 140 valence electrons. The van der Waals surface area contributed by atoms with E-state index in [1.807, 2.05) is 20.9 Å². The van der Waals surface area contributed by atoms with Crippen molar-refractivity contribution in [2.45, 2.75) is 25.8 Å². The van der Waals surface area contributed by atoms with E-state index in [9.17, 15) is 4.79 Å². The van der Waals surface area contributed by atoms with Crippen LogP contribution in [0.4, 0.5) is 5.69 Å². The Kier molecular flexibility index (Phi) is 5.18. The molecule has 0 saturated carbocycles. The summed E-state index contributed by atoms with van der Waals surface area (Å²) >= 11 is 7.69. The number of aromatic nitrogens is 2. The molecule has 2 aromatic heterocycles. The molecule has 1 amide bonds. The number of anilines is 1. The topological polar surface area (TPSA) is 49.6 Å². The minimum Gasteiger partial charge on any atom is -0.382 e. The maximum absolute atomic E-state index is 12.5. The summed E-state index contributed by atoms with van der Waals surface area (Å²) in [4.78, 5) is 19.5. The molecule has 1 fully saturated rings. The Bertz CT molecular complexity index is 985. The van der Waals surface area contributed by atoms with Crippen molar-refractivity contribution in [2.24, 2.45) is 0 Å². The van der Waals surface area contributed by atoms with Crippen LogP contribution in [0.2, 0.25) is 5.15 Å². The minimum absolute atomic E-state index is 0.0188. The van der Waals surface area contributed by atoms with E-state index < -0.39 is 0 Å². The molecule has 0 spiro atoms.